The minimum absolute atomic E-state index is 0.0485. The van der Waals surface area contributed by atoms with Crippen LogP contribution in [0.4, 0.5) is 11.4 Å². The molecule has 0 radical (unpaired) electrons. The SMILES string of the molecule is COc1ccc(NC(=O)CSc2ccc(NC(=O)/C(=C/c3c(Cl)cccc3Cl)NC(=O)c3ccccc3)cc2)cc1Cl. The molecular weight excluding hydrogens is 617 g/mol. The number of benzene rings is 4. The van der Waals surface area contributed by atoms with E-state index in [1.54, 1.807) is 91.0 Å². The van der Waals surface area contributed by atoms with E-state index in [-0.39, 0.29) is 17.4 Å². The lowest BCUT2D eigenvalue weighted by molar-refractivity contribution is -0.114. The van der Waals surface area contributed by atoms with E-state index in [1.165, 1.54) is 24.9 Å². The maximum atomic E-state index is 13.3. The first-order valence-corrected chi connectivity index (χ1v) is 14.5. The predicted octanol–water partition coefficient (Wildman–Crippen LogP) is 7.80. The average Bonchev–Trinajstić information content (AvgIpc) is 2.98. The van der Waals surface area contributed by atoms with Gasteiger partial charge in [0, 0.05) is 37.4 Å². The fraction of sp³-hybridized carbons (Fsp3) is 0.0645. The number of ether oxygens (including phenoxy) is 1. The summed E-state index contributed by atoms with van der Waals surface area (Å²) in [5, 5.41) is 9.27. The monoisotopic (exact) mass is 639 g/mol. The van der Waals surface area contributed by atoms with Gasteiger partial charge in [-0.25, -0.2) is 0 Å². The first-order chi connectivity index (χ1) is 20.2. The highest BCUT2D eigenvalue weighted by Crippen LogP contribution is 2.29. The van der Waals surface area contributed by atoms with Crippen LogP contribution in [0.1, 0.15) is 15.9 Å². The average molecular weight is 641 g/mol. The van der Waals surface area contributed by atoms with Gasteiger partial charge in [-0.15, -0.1) is 11.8 Å². The maximum Gasteiger partial charge on any atom is 0.272 e. The van der Waals surface area contributed by atoms with Gasteiger partial charge < -0.3 is 20.7 Å². The van der Waals surface area contributed by atoms with E-state index in [4.69, 9.17) is 39.5 Å². The van der Waals surface area contributed by atoms with Crippen LogP contribution < -0.4 is 20.7 Å². The van der Waals surface area contributed by atoms with E-state index < -0.39 is 11.8 Å². The van der Waals surface area contributed by atoms with Crippen molar-refractivity contribution in [3.63, 3.8) is 0 Å². The van der Waals surface area contributed by atoms with Gasteiger partial charge in [0.25, 0.3) is 11.8 Å². The minimum Gasteiger partial charge on any atom is -0.495 e. The van der Waals surface area contributed by atoms with Gasteiger partial charge in [-0.3, -0.25) is 14.4 Å². The molecule has 0 heterocycles. The highest BCUT2D eigenvalue weighted by atomic mass is 35.5. The Balaban J connectivity index is 1.42. The zero-order valence-corrected chi connectivity index (χ0v) is 25.2. The standard InChI is InChI=1S/C31H24Cl3N3O4S/c1-41-28-15-12-21(16-26(28)34)35-29(38)18-42-22-13-10-20(11-14-22)36-31(40)27(17-23-24(32)8-5-9-25(23)33)37-30(39)19-6-3-2-4-7-19/h2-17H,18H2,1H3,(H,35,38)(H,36,40)(H,37,39)/b27-17-. The second-order valence-electron chi connectivity index (χ2n) is 8.68. The smallest absolute Gasteiger partial charge is 0.272 e. The normalized spacial score (nSPS) is 11.0. The zero-order valence-electron chi connectivity index (χ0n) is 22.1. The fourth-order valence-electron chi connectivity index (χ4n) is 3.66. The summed E-state index contributed by atoms with van der Waals surface area (Å²) < 4.78 is 5.12. The van der Waals surface area contributed by atoms with Crippen LogP contribution in [0, 0.1) is 0 Å². The molecule has 0 atom stereocenters. The molecule has 4 aromatic rings. The lowest BCUT2D eigenvalue weighted by atomic mass is 10.1. The minimum atomic E-state index is -0.576. The Labute approximate surface area is 262 Å². The number of carbonyl (C=O) groups is 3. The molecule has 0 aromatic heterocycles. The van der Waals surface area contributed by atoms with Crippen molar-refractivity contribution in [1.29, 1.82) is 0 Å². The number of nitrogens with one attached hydrogen (secondary N) is 3. The Morgan fingerprint density at radius 1 is 0.786 bits per heavy atom. The van der Waals surface area contributed by atoms with Crippen molar-refractivity contribution in [2.45, 2.75) is 4.90 Å². The second-order valence-corrected chi connectivity index (χ2v) is 10.9. The van der Waals surface area contributed by atoms with Crippen molar-refractivity contribution in [2.75, 3.05) is 23.5 Å². The lowest BCUT2D eigenvalue weighted by Gasteiger charge is -2.13. The Hall–Kier alpha value is -3.95. The third-order valence-corrected chi connectivity index (χ3v) is 7.70. The van der Waals surface area contributed by atoms with E-state index in [2.05, 4.69) is 16.0 Å². The van der Waals surface area contributed by atoms with Gasteiger partial charge in [-0.2, -0.15) is 0 Å². The van der Waals surface area contributed by atoms with Gasteiger partial charge in [0.2, 0.25) is 5.91 Å². The van der Waals surface area contributed by atoms with Crippen LogP contribution in [0.15, 0.2) is 102 Å². The molecule has 3 N–H and O–H groups in total. The van der Waals surface area contributed by atoms with Crippen LogP contribution in [0.25, 0.3) is 6.08 Å². The maximum absolute atomic E-state index is 13.3. The number of methoxy groups -OCH3 is 1. The summed E-state index contributed by atoms with van der Waals surface area (Å²) in [5.74, 6) is -0.576. The summed E-state index contributed by atoms with van der Waals surface area (Å²) in [6.07, 6.45) is 1.43. The van der Waals surface area contributed by atoms with Crippen molar-refractivity contribution >= 4 is 81.7 Å². The van der Waals surface area contributed by atoms with Gasteiger partial charge in [0.1, 0.15) is 11.4 Å². The van der Waals surface area contributed by atoms with Gasteiger partial charge in [0.15, 0.2) is 0 Å². The summed E-state index contributed by atoms with van der Waals surface area (Å²) in [4.78, 5) is 39.4. The van der Waals surface area contributed by atoms with Crippen LogP contribution in [-0.2, 0) is 9.59 Å². The Morgan fingerprint density at radius 3 is 2.10 bits per heavy atom. The summed E-state index contributed by atoms with van der Waals surface area (Å²) in [5.41, 5.74) is 1.76. The number of anilines is 2. The Morgan fingerprint density at radius 2 is 1.45 bits per heavy atom. The van der Waals surface area contributed by atoms with Crippen LogP contribution in [-0.4, -0.2) is 30.6 Å². The molecule has 0 aliphatic heterocycles. The summed E-state index contributed by atoms with van der Waals surface area (Å²) in [6.45, 7) is 0. The number of halogens is 3. The third-order valence-electron chi connectivity index (χ3n) is 5.73. The Kier molecular flexibility index (Phi) is 10.9. The number of hydrogen-bond donors (Lipinski definition) is 3. The lowest BCUT2D eigenvalue weighted by Crippen LogP contribution is -2.30. The number of hydrogen-bond acceptors (Lipinski definition) is 5. The molecule has 0 aliphatic rings. The molecule has 11 heteroatoms. The van der Waals surface area contributed by atoms with E-state index in [9.17, 15) is 14.4 Å². The predicted molar refractivity (Wildman–Crippen MR) is 171 cm³/mol. The van der Waals surface area contributed by atoms with Crippen LogP contribution >= 0.6 is 46.6 Å². The van der Waals surface area contributed by atoms with Crippen molar-refractivity contribution in [2.24, 2.45) is 0 Å². The number of carbonyl (C=O) groups excluding carboxylic acids is 3. The molecule has 0 bridgehead atoms. The van der Waals surface area contributed by atoms with Crippen LogP contribution in [0.3, 0.4) is 0 Å². The summed E-state index contributed by atoms with van der Waals surface area (Å²) in [7, 11) is 1.52. The summed E-state index contributed by atoms with van der Waals surface area (Å²) in [6, 6.07) is 25.4. The molecule has 7 nitrogen and oxygen atoms in total. The topological polar surface area (TPSA) is 96.5 Å². The van der Waals surface area contributed by atoms with Crippen molar-refractivity contribution in [1.82, 2.24) is 5.32 Å². The first-order valence-electron chi connectivity index (χ1n) is 12.4. The van der Waals surface area contributed by atoms with Crippen molar-refractivity contribution in [3.8, 4) is 5.75 Å². The van der Waals surface area contributed by atoms with Crippen LogP contribution in [0.2, 0.25) is 15.1 Å². The van der Waals surface area contributed by atoms with Crippen molar-refractivity contribution < 1.29 is 19.1 Å². The van der Waals surface area contributed by atoms with Gasteiger partial charge in [-0.05, 0) is 72.8 Å². The van der Waals surface area contributed by atoms with E-state index in [0.29, 0.717) is 43.3 Å². The fourth-order valence-corrected chi connectivity index (χ4v) is 5.12. The quantitative estimate of drug-likeness (QED) is 0.121. The van der Waals surface area contributed by atoms with Gasteiger partial charge in [0.05, 0.1) is 17.9 Å². The molecule has 4 rings (SSSR count). The third kappa shape index (κ3) is 8.53. The molecule has 4 aromatic carbocycles. The molecule has 214 valence electrons. The molecule has 0 saturated heterocycles. The van der Waals surface area contributed by atoms with Gasteiger partial charge in [-0.1, -0.05) is 59.1 Å². The van der Waals surface area contributed by atoms with Gasteiger partial charge >= 0.3 is 0 Å². The molecule has 0 unspecified atom stereocenters. The zero-order chi connectivity index (χ0) is 30.1. The molecule has 0 fully saturated rings. The molecule has 0 aliphatic carbocycles. The Bertz CT molecular complexity index is 1610. The van der Waals surface area contributed by atoms with Crippen LogP contribution in [0.5, 0.6) is 5.75 Å². The molecular formula is C31H24Cl3N3O4S. The van der Waals surface area contributed by atoms with Crippen molar-refractivity contribution in [3.05, 3.63) is 123 Å². The van der Waals surface area contributed by atoms with E-state index >= 15 is 0 Å². The highest BCUT2D eigenvalue weighted by molar-refractivity contribution is 8.00. The number of amides is 3. The first kappa shape index (κ1) is 31.0. The summed E-state index contributed by atoms with van der Waals surface area (Å²) >= 11 is 20.1. The number of thioether (sulfide) groups is 1. The molecule has 0 spiro atoms. The van der Waals surface area contributed by atoms with E-state index in [0.717, 1.165) is 4.90 Å². The second kappa shape index (κ2) is 14.8. The molecule has 3 amide bonds. The number of rotatable bonds is 10. The highest BCUT2D eigenvalue weighted by Gasteiger charge is 2.17. The molecule has 42 heavy (non-hydrogen) atoms. The van der Waals surface area contributed by atoms with E-state index in [1.807, 2.05) is 0 Å². The largest absolute Gasteiger partial charge is 0.495 e. The molecule has 0 saturated carbocycles.